The van der Waals surface area contributed by atoms with E-state index in [4.69, 9.17) is 5.26 Å². The highest BCUT2D eigenvalue weighted by Crippen LogP contribution is 2.04. The molecule has 0 aliphatic rings. The molecule has 0 fully saturated rings. The number of aromatic nitrogens is 1. The monoisotopic (exact) mass is 207 g/mol. The van der Waals surface area contributed by atoms with Crippen LogP contribution in [0.25, 0.3) is 0 Å². The lowest BCUT2D eigenvalue weighted by atomic mass is 10.4. The summed E-state index contributed by atoms with van der Waals surface area (Å²) in [6, 6.07) is 5.47. The molecule has 0 atom stereocenters. The van der Waals surface area contributed by atoms with Crippen LogP contribution in [0.2, 0.25) is 0 Å². The third kappa shape index (κ3) is 3.92. The number of nitrogens with zero attached hydrogens (tertiary/aromatic N) is 2. The molecule has 0 aromatic carbocycles. The molecule has 0 aliphatic carbocycles. The van der Waals surface area contributed by atoms with Gasteiger partial charge < -0.3 is 5.32 Å². The molecular weight excluding hydrogens is 198 g/mol. The maximum atomic E-state index is 11.2. The molecule has 1 aromatic heterocycles. The Morgan fingerprint density at radius 3 is 3.21 bits per heavy atom. The van der Waals surface area contributed by atoms with Gasteiger partial charge in [-0.05, 0) is 12.1 Å². The average molecular weight is 207 g/mol. The van der Waals surface area contributed by atoms with Crippen molar-refractivity contribution in [1.29, 1.82) is 5.26 Å². The lowest BCUT2D eigenvalue weighted by Gasteiger charge is -2.02. The van der Waals surface area contributed by atoms with Gasteiger partial charge in [0.1, 0.15) is 0 Å². The van der Waals surface area contributed by atoms with Gasteiger partial charge in [-0.25, -0.2) is 0 Å². The van der Waals surface area contributed by atoms with Crippen molar-refractivity contribution in [3.63, 3.8) is 0 Å². The van der Waals surface area contributed by atoms with Crippen LogP contribution < -0.4 is 5.32 Å². The summed E-state index contributed by atoms with van der Waals surface area (Å²) in [6.45, 7) is 0. The number of hydrogen-bond donors (Lipinski definition) is 1. The first-order valence-electron chi connectivity index (χ1n) is 3.97. The summed E-state index contributed by atoms with van der Waals surface area (Å²) in [7, 11) is 0. The number of nitriles is 1. The van der Waals surface area contributed by atoms with Crippen molar-refractivity contribution < 1.29 is 4.79 Å². The number of hydrogen-bond acceptors (Lipinski definition) is 4. The first kappa shape index (κ1) is 10.5. The minimum absolute atomic E-state index is 0.113. The Morgan fingerprint density at radius 2 is 2.57 bits per heavy atom. The number of pyridine rings is 1. The standard InChI is InChI=1S/C9H9N3OS/c10-3-5-14-7-9(13)12-8-2-1-4-11-6-8/h1-2,4,6H,5,7H2,(H,12,13). The topological polar surface area (TPSA) is 65.8 Å². The number of anilines is 1. The number of carbonyl (C=O) groups is 1. The van der Waals surface area contributed by atoms with Crippen molar-refractivity contribution in [2.75, 3.05) is 16.8 Å². The molecule has 0 saturated carbocycles. The second-order valence-electron chi connectivity index (χ2n) is 2.44. The first-order valence-corrected chi connectivity index (χ1v) is 5.13. The number of carbonyl (C=O) groups excluding carboxylic acids is 1. The van der Waals surface area contributed by atoms with Gasteiger partial charge in [-0.2, -0.15) is 5.26 Å². The summed E-state index contributed by atoms with van der Waals surface area (Å²) in [5.74, 6) is 0.515. The minimum Gasteiger partial charge on any atom is -0.324 e. The minimum atomic E-state index is -0.113. The molecule has 1 aromatic rings. The van der Waals surface area contributed by atoms with E-state index in [0.717, 1.165) is 0 Å². The van der Waals surface area contributed by atoms with E-state index in [-0.39, 0.29) is 5.91 Å². The van der Waals surface area contributed by atoms with Crippen molar-refractivity contribution in [2.45, 2.75) is 0 Å². The van der Waals surface area contributed by atoms with Gasteiger partial charge in [-0.3, -0.25) is 9.78 Å². The molecule has 0 aliphatic heterocycles. The zero-order chi connectivity index (χ0) is 10.2. The largest absolute Gasteiger partial charge is 0.324 e. The fourth-order valence-corrected chi connectivity index (χ4v) is 1.27. The van der Waals surface area contributed by atoms with Crippen molar-refractivity contribution in [3.05, 3.63) is 24.5 Å². The Bertz CT molecular complexity index is 334. The molecule has 1 amide bonds. The number of rotatable bonds is 4. The predicted octanol–water partition coefficient (Wildman–Crippen LogP) is 1.28. The van der Waals surface area contributed by atoms with Crippen LogP contribution in [-0.4, -0.2) is 22.4 Å². The van der Waals surface area contributed by atoms with Crippen LogP contribution in [0.4, 0.5) is 5.69 Å². The van der Waals surface area contributed by atoms with Gasteiger partial charge in [-0.1, -0.05) is 0 Å². The fourth-order valence-electron chi connectivity index (χ4n) is 0.823. The van der Waals surface area contributed by atoms with Crippen LogP contribution in [0.1, 0.15) is 0 Å². The van der Waals surface area contributed by atoms with Crippen LogP contribution in [0.15, 0.2) is 24.5 Å². The molecular formula is C9H9N3OS. The lowest BCUT2D eigenvalue weighted by Crippen LogP contribution is -2.14. The van der Waals surface area contributed by atoms with Gasteiger partial charge in [0, 0.05) is 6.20 Å². The molecule has 0 saturated heterocycles. The average Bonchev–Trinajstić information content (AvgIpc) is 2.20. The van der Waals surface area contributed by atoms with Gasteiger partial charge in [-0.15, -0.1) is 11.8 Å². The molecule has 0 unspecified atom stereocenters. The van der Waals surface area contributed by atoms with Gasteiger partial charge in [0.05, 0.1) is 29.5 Å². The second-order valence-corrected chi connectivity index (χ2v) is 3.43. The molecule has 0 bridgehead atoms. The smallest absolute Gasteiger partial charge is 0.234 e. The van der Waals surface area contributed by atoms with E-state index in [1.807, 2.05) is 6.07 Å². The number of thioether (sulfide) groups is 1. The highest BCUT2D eigenvalue weighted by molar-refractivity contribution is 8.00. The van der Waals surface area contributed by atoms with Gasteiger partial charge in [0.25, 0.3) is 0 Å². The van der Waals surface area contributed by atoms with E-state index in [9.17, 15) is 4.79 Å². The van der Waals surface area contributed by atoms with Gasteiger partial charge >= 0.3 is 0 Å². The zero-order valence-electron chi connectivity index (χ0n) is 7.43. The van der Waals surface area contributed by atoms with Crippen LogP contribution >= 0.6 is 11.8 Å². The Labute approximate surface area is 86.3 Å². The first-order chi connectivity index (χ1) is 6.83. The van der Waals surface area contributed by atoms with Crippen LogP contribution in [0.3, 0.4) is 0 Å². The molecule has 14 heavy (non-hydrogen) atoms. The van der Waals surface area contributed by atoms with Gasteiger partial charge in [0.15, 0.2) is 0 Å². The van der Waals surface area contributed by atoms with E-state index in [2.05, 4.69) is 10.3 Å². The Morgan fingerprint density at radius 1 is 1.71 bits per heavy atom. The normalized spacial score (nSPS) is 9.07. The lowest BCUT2D eigenvalue weighted by molar-refractivity contribution is -0.113. The molecule has 0 radical (unpaired) electrons. The highest BCUT2D eigenvalue weighted by Gasteiger charge is 2.01. The third-order valence-electron chi connectivity index (χ3n) is 1.35. The summed E-state index contributed by atoms with van der Waals surface area (Å²) in [6.07, 6.45) is 3.22. The molecule has 5 heteroatoms. The quantitative estimate of drug-likeness (QED) is 0.755. The molecule has 1 heterocycles. The van der Waals surface area contributed by atoms with E-state index in [1.165, 1.54) is 11.8 Å². The molecule has 4 nitrogen and oxygen atoms in total. The summed E-state index contributed by atoms with van der Waals surface area (Å²) in [4.78, 5) is 15.1. The molecule has 72 valence electrons. The molecule has 0 spiro atoms. The van der Waals surface area contributed by atoms with E-state index in [0.29, 0.717) is 17.2 Å². The van der Waals surface area contributed by atoms with Crippen molar-refractivity contribution in [1.82, 2.24) is 4.98 Å². The van der Waals surface area contributed by atoms with Crippen molar-refractivity contribution in [2.24, 2.45) is 0 Å². The summed E-state index contributed by atoms with van der Waals surface area (Å²) < 4.78 is 0. The van der Waals surface area contributed by atoms with E-state index < -0.39 is 0 Å². The number of amides is 1. The number of nitrogens with one attached hydrogen (secondary N) is 1. The highest BCUT2D eigenvalue weighted by atomic mass is 32.2. The Hall–Kier alpha value is -1.54. The van der Waals surface area contributed by atoms with E-state index in [1.54, 1.807) is 24.5 Å². The molecule has 1 rings (SSSR count). The van der Waals surface area contributed by atoms with Gasteiger partial charge in [0.2, 0.25) is 5.91 Å². The van der Waals surface area contributed by atoms with Crippen LogP contribution in [-0.2, 0) is 4.79 Å². The van der Waals surface area contributed by atoms with Crippen LogP contribution in [0, 0.1) is 11.3 Å². The van der Waals surface area contributed by atoms with Crippen LogP contribution in [0.5, 0.6) is 0 Å². The van der Waals surface area contributed by atoms with Crippen molar-refractivity contribution in [3.8, 4) is 6.07 Å². The zero-order valence-corrected chi connectivity index (χ0v) is 8.25. The van der Waals surface area contributed by atoms with Crippen molar-refractivity contribution >= 4 is 23.4 Å². The Balaban J connectivity index is 2.32. The van der Waals surface area contributed by atoms with E-state index >= 15 is 0 Å². The Kier molecular flexibility index (Phi) is 4.51. The summed E-state index contributed by atoms with van der Waals surface area (Å²) >= 11 is 1.29. The second kappa shape index (κ2) is 6.00. The predicted molar refractivity (Wildman–Crippen MR) is 55.8 cm³/mol. The molecule has 1 N–H and O–H groups in total. The summed E-state index contributed by atoms with van der Waals surface area (Å²) in [5.41, 5.74) is 0.676. The fraction of sp³-hybridized carbons (Fsp3) is 0.222. The summed E-state index contributed by atoms with van der Waals surface area (Å²) in [5, 5.41) is 10.9. The third-order valence-corrected chi connectivity index (χ3v) is 2.14. The maximum absolute atomic E-state index is 11.2. The SMILES string of the molecule is N#CCSCC(=O)Nc1cccnc1. The maximum Gasteiger partial charge on any atom is 0.234 e.